The van der Waals surface area contributed by atoms with Gasteiger partial charge in [0.15, 0.2) is 6.61 Å². The van der Waals surface area contributed by atoms with E-state index < -0.39 is 10.0 Å². The molecule has 0 saturated heterocycles. The third-order valence-corrected chi connectivity index (χ3v) is 5.04. The molecule has 2 N–H and O–H groups in total. The van der Waals surface area contributed by atoms with E-state index in [2.05, 4.69) is 10.0 Å². The minimum atomic E-state index is -3.61. The summed E-state index contributed by atoms with van der Waals surface area (Å²) in [6.07, 6.45) is 0. The lowest BCUT2D eigenvalue weighted by molar-refractivity contribution is -0.118. The molecule has 0 fully saturated rings. The zero-order chi connectivity index (χ0) is 20.4. The summed E-state index contributed by atoms with van der Waals surface area (Å²) < 4.78 is 42.3. The Labute approximate surface area is 164 Å². The van der Waals surface area contributed by atoms with Crippen LogP contribution in [0.5, 0.6) is 11.5 Å². The van der Waals surface area contributed by atoms with Gasteiger partial charge in [0.1, 0.15) is 11.5 Å². The Morgan fingerprint density at radius 1 is 1.04 bits per heavy atom. The minimum Gasteiger partial charge on any atom is -0.492 e. The molecule has 0 bridgehead atoms. The van der Waals surface area contributed by atoms with Crippen LogP contribution in [0.15, 0.2) is 53.4 Å². The van der Waals surface area contributed by atoms with E-state index in [1.54, 1.807) is 18.2 Å². The number of methoxy groups -OCH3 is 1. The van der Waals surface area contributed by atoms with Gasteiger partial charge in [0, 0.05) is 13.7 Å². The fourth-order valence-electron chi connectivity index (χ4n) is 2.26. The van der Waals surface area contributed by atoms with Crippen LogP contribution in [0.3, 0.4) is 0 Å². The molecule has 1 amide bonds. The number of ether oxygens (including phenoxy) is 3. The Kier molecular flexibility index (Phi) is 8.24. The second kappa shape index (κ2) is 10.6. The number of para-hydroxylation sites is 2. The SMILES string of the molecule is CCOc1ccccc1NC(=O)COc1ccc(S(=O)(=O)NCCOC)cc1. The first kappa shape index (κ1) is 21.7. The molecular weight excluding hydrogens is 384 g/mol. The van der Waals surface area contributed by atoms with Crippen molar-refractivity contribution in [3.05, 3.63) is 48.5 Å². The zero-order valence-corrected chi connectivity index (χ0v) is 16.6. The summed E-state index contributed by atoms with van der Waals surface area (Å²) in [5.74, 6) is 0.600. The molecule has 28 heavy (non-hydrogen) atoms. The predicted octanol–water partition coefficient (Wildman–Crippen LogP) is 2.03. The summed E-state index contributed by atoms with van der Waals surface area (Å²) in [4.78, 5) is 12.2. The van der Waals surface area contributed by atoms with Crippen molar-refractivity contribution in [2.24, 2.45) is 0 Å². The molecule has 0 aliphatic carbocycles. The van der Waals surface area contributed by atoms with Crippen molar-refractivity contribution in [1.82, 2.24) is 4.72 Å². The first-order valence-electron chi connectivity index (χ1n) is 8.69. The quantitative estimate of drug-likeness (QED) is 0.552. The maximum Gasteiger partial charge on any atom is 0.262 e. The van der Waals surface area contributed by atoms with Crippen molar-refractivity contribution in [3.8, 4) is 11.5 Å². The highest BCUT2D eigenvalue weighted by atomic mass is 32.2. The lowest BCUT2D eigenvalue weighted by Crippen LogP contribution is -2.27. The lowest BCUT2D eigenvalue weighted by Gasteiger charge is -2.12. The number of benzene rings is 2. The van der Waals surface area contributed by atoms with E-state index in [0.717, 1.165) is 0 Å². The third-order valence-electron chi connectivity index (χ3n) is 3.56. The van der Waals surface area contributed by atoms with Crippen LogP contribution < -0.4 is 19.5 Å². The molecule has 0 radical (unpaired) electrons. The molecule has 0 aliphatic rings. The summed E-state index contributed by atoms with van der Waals surface area (Å²) in [6, 6.07) is 12.9. The van der Waals surface area contributed by atoms with Gasteiger partial charge in [0.2, 0.25) is 10.0 Å². The Morgan fingerprint density at radius 3 is 2.43 bits per heavy atom. The van der Waals surface area contributed by atoms with Gasteiger partial charge in [-0.05, 0) is 43.3 Å². The molecule has 0 aromatic heterocycles. The molecule has 2 aromatic carbocycles. The van der Waals surface area contributed by atoms with Gasteiger partial charge in [0.25, 0.3) is 5.91 Å². The molecule has 0 saturated carbocycles. The van der Waals surface area contributed by atoms with E-state index in [1.165, 1.54) is 31.4 Å². The molecule has 0 aliphatic heterocycles. The largest absolute Gasteiger partial charge is 0.492 e. The number of anilines is 1. The second-order valence-electron chi connectivity index (χ2n) is 5.63. The lowest BCUT2D eigenvalue weighted by atomic mass is 10.3. The highest BCUT2D eigenvalue weighted by molar-refractivity contribution is 7.89. The zero-order valence-electron chi connectivity index (χ0n) is 15.8. The van der Waals surface area contributed by atoms with Crippen LogP contribution in [0, 0.1) is 0 Å². The maximum absolute atomic E-state index is 12.1. The van der Waals surface area contributed by atoms with E-state index in [1.807, 2.05) is 13.0 Å². The summed E-state index contributed by atoms with van der Waals surface area (Å²) in [7, 11) is -2.12. The van der Waals surface area contributed by atoms with E-state index in [-0.39, 0.29) is 30.6 Å². The van der Waals surface area contributed by atoms with Crippen molar-refractivity contribution in [2.75, 3.05) is 38.8 Å². The van der Waals surface area contributed by atoms with Crippen LogP contribution in [0.1, 0.15) is 6.92 Å². The fourth-order valence-corrected chi connectivity index (χ4v) is 3.28. The molecule has 2 aromatic rings. The first-order valence-corrected chi connectivity index (χ1v) is 10.2. The van der Waals surface area contributed by atoms with Gasteiger partial charge in [-0.1, -0.05) is 12.1 Å². The number of rotatable bonds is 11. The molecule has 0 atom stereocenters. The van der Waals surface area contributed by atoms with Crippen LogP contribution in [0.4, 0.5) is 5.69 Å². The van der Waals surface area contributed by atoms with Gasteiger partial charge in [-0.2, -0.15) is 0 Å². The summed E-state index contributed by atoms with van der Waals surface area (Å²) in [6.45, 7) is 2.58. The summed E-state index contributed by atoms with van der Waals surface area (Å²) in [5.41, 5.74) is 0.557. The number of carbonyl (C=O) groups is 1. The van der Waals surface area contributed by atoms with Gasteiger partial charge in [-0.15, -0.1) is 0 Å². The normalized spacial score (nSPS) is 11.1. The van der Waals surface area contributed by atoms with Crippen LogP contribution in [-0.4, -0.2) is 47.8 Å². The van der Waals surface area contributed by atoms with E-state index in [9.17, 15) is 13.2 Å². The molecular formula is C19H24N2O6S. The average molecular weight is 408 g/mol. The highest BCUT2D eigenvalue weighted by Crippen LogP contribution is 2.23. The van der Waals surface area contributed by atoms with E-state index in [0.29, 0.717) is 23.8 Å². The fraction of sp³-hybridized carbons (Fsp3) is 0.316. The minimum absolute atomic E-state index is 0.103. The molecule has 0 unspecified atom stereocenters. The van der Waals surface area contributed by atoms with Gasteiger partial charge in [0.05, 0.1) is 23.8 Å². The monoisotopic (exact) mass is 408 g/mol. The highest BCUT2D eigenvalue weighted by Gasteiger charge is 2.13. The van der Waals surface area contributed by atoms with Gasteiger partial charge >= 0.3 is 0 Å². The van der Waals surface area contributed by atoms with Crippen molar-refractivity contribution < 1.29 is 27.4 Å². The van der Waals surface area contributed by atoms with E-state index in [4.69, 9.17) is 14.2 Å². The van der Waals surface area contributed by atoms with E-state index >= 15 is 0 Å². The number of hydrogen-bond acceptors (Lipinski definition) is 6. The number of hydrogen-bond donors (Lipinski definition) is 2. The summed E-state index contributed by atoms with van der Waals surface area (Å²) in [5, 5.41) is 2.72. The number of amides is 1. The van der Waals surface area contributed by atoms with Crippen LogP contribution in [-0.2, 0) is 19.6 Å². The Hall–Kier alpha value is -2.62. The van der Waals surface area contributed by atoms with Crippen molar-refractivity contribution >= 4 is 21.6 Å². The molecule has 8 nitrogen and oxygen atoms in total. The molecule has 0 spiro atoms. The Balaban J connectivity index is 1.90. The van der Waals surface area contributed by atoms with Crippen LogP contribution >= 0.6 is 0 Å². The topological polar surface area (TPSA) is 103 Å². The van der Waals surface area contributed by atoms with Crippen molar-refractivity contribution in [1.29, 1.82) is 0 Å². The molecule has 152 valence electrons. The molecule has 2 rings (SSSR count). The maximum atomic E-state index is 12.1. The van der Waals surface area contributed by atoms with Gasteiger partial charge < -0.3 is 19.5 Å². The standard InChI is InChI=1S/C19H24N2O6S/c1-3-26-18-7-5-4-6-17(18)21-19(22)14-27-15-8-10-16(11-9-15)28(23,24)20-12-13-25-2/h4-11,20H,3,12-14H2,1-2H3,(H,21,22). The smallest absolute Gasteiger partial charge is 0.262 e. The van der Waals surface area contributed by atoms with Gasteiger partial charge in [-0.3, -0.25) is 4.79 Å². The Morgan fingerprint density at radius 2 is 1.75 bits per heavy atom. The average Bonchev–Trinajstić information content (AvgIpc) is 2.68. The third kappa shape index (κ3) is 6.52. The van der Waals surface area contributed by atoms with Gasteiger partial charge in [-0.25, -0.2) is 13.1 Å². The molecule has 0 heterocycles. The number of sulfonamides is 1. The molecule has 9 heteroatoms. The van der Waals surface area contributed by atoms with Crippen LogP contribution in [0.2, 0.25) is 0 Å². The predicted molar refractivity (Wildman–Crippen MR) is 105 cm³/mol. The second-order valence-corrected chi connectivity index (χ2v) is 7.39. The summed E-state index contributed by atoms with van der Waals surface area (Å²) >= 11 is 0. The van der Waals surface area contributed by atoms with Crippen molar-refractivity contribution in [3.63, 3.8) is 0 Å². The number of carbonyl (C=O) groups excluding carboxylic acids is 1. The number of nitrogens with one attached hydrogen (secondary N) is 2. The first-order chi connectivity index (χ1) is 13.5. The van der Waals surface area contributed by atoms with Crippen LogP contribution in [0.25, 0.3) is 0 Å². The Bertz CT molecular complexity index is 868. The van der Waals surface area contributed by atoms with Crippen molar-refractivity contribution in [2.45, 2.75) is 11.8 Å².